The highest BCUT2D eigenvalue weighted by molar-refractivity contribution is 5.74. The zero-order valence-electron chi connectivity index (χ0n) is 9.33. The van der Waals surface area contributed by atoms with E-state index in [1.807, 2.05) is 18.7 Å². The highest BCUT2D eigenvalue weighted by atomic mass is 19.1. The Morgan fingerprint density at radius 2 is 2.40 bits per heavy atom. The van der Waals surface area contributed by atoms with Crippen molar-refractivity contribution in [3.63, 3.8) is 0 Å². The van der Waals surface area contributed by atoms with E-state index in [0.29, 0.717) is 25.9 Å². The maximum absolute atomic E-state index is 12.8. The van der Waals surface area contributed by atoms with E-state index < -0.39 is 6.17 Å². The van der Waals surface area contributed by atoms with Gasteiger partial charge in [-0.05, 0) is 20.3 Å². The molecule has 1 aliphatic heterocycles. The Hall–Kier alpha value is -0.680. The number of carbonyl (C=O) groups excluding carboxylic acids is 1. The number of nitrogens with one attached hydrogen (secondary N) is 1. The number of carbonyl (C=O) groups is 1. The minimum atomic E-state index is -0.722. The number of hydrogen-bond donors (Lipinski definition) is 1. The number of alkyl halides is 1. The molecular weight excluding hydrogens is 199 g/mol. The molecule has 1 heterocycles. The van der Waals surface area contributed by atoms with Crippen molar-refractivity contribution in [3.8, 4) is 0 Å². The van der Waals surface area contributed by atoms with Crippen molar-refractivity contribution in [3.05, 3.63) is 0 Å². The van der Waals surface area contributed by atoms with Gasteiger partial charge in [-0.2, -0.15) is 0 Å². The summed E-state index contributed by atoms with van der Waals surface area (Å²) in [4.78, 5) is 18.1. The second kappa shape index (κ2) is 6.02. The number of hydroxylamine groups is 1. The van der Waals surface area contributed by atoms with E-state index in [1.54, 1.807) is 0 Å². The summed E-state index contributed by atoms with van der Waals surface area (Å²) in [5.41, 5.74) is 2.36. The molecule has 0 aromatic rings. The minimum Gasteiger partial charge on any atom is -0.300 e. The van der Waals surface area contributed by atoms with E-state index in [1.165, 1.54) is 0 Å². The second-order valence-electron chi connectivity index (χ2n) is 4.13. The van der Waals surface area contributed by atoms with Crippen LogP contribution in [0, 0.1) is 0 Å². The monoisotopic (exact) mass is 218 g/mol. The molecule has 0 aromatic carbocycles. The maximum Gasteiger partial charge on any atom is 0.244 e. The number of nitrogens with zero attached hydrogens (tertiary/aromatic N) is 1. The lowest BCUT2D eigenvalue weighted by Gasteiger charge is -2.14. The molecule has 1 fully saturated rings. The third kappa shape index (κ3) is 5.09. The number of likely N-dealkylation sites (tertiary alicyclic amines) is 1. The smallest absolute Gasteiger partial charge is 0.244 e. The van der Waals surface area contributed by atoms with Gasteiger partial charge in [0.05, 0.1) is 6.10 Å². The van der Waals surface area contributed by atoms with Crippen molar-refractivity contribution < 1.29 is 14.0 Å². The van der Waals surface area contributed by atoms with Crippen molar-refractivity contribution in [1.29, 1.82) is 0 Å². The van der Waals surface area contributed by atoms with Crippen LogP contribution in [0.2, 0.25) is 0 Å². The summed E-state index contributed by atoms with van der Waals surface area (Å²) >= 11 is 0. The fourth-order valence-electron chi connectivity index (χ4n) is 1.48. The molecule has 1 rings (SSSR count). The van der Waals surface area contributed by atoms with Crippen LogP contribution < -0.4 is 5.48 Å². The fourth-order valence-corrected chi connectivity index (χ4v) is 1.48. The predicted molar refractivity (Wildman–Crippen MR) is 54.9 cm³/mol. The van der Waals surface area contributed by atoms with E-state index in [2.05, 4.69) is 5.48 Å². The molecule has 1 N–H and O–H groups in total. The highest BCUT2D eigenvalue weighted by Gasteiger charge is 2.21. The minimum absolute atomic E-state index is 0.0176. The summed E-state index contributed by atoms with van der Waals surface area (Å²) in [5, 5.41) is 0. The predicted octanol–water partition coefficient (Wildman–Crippen LogP) is 0.877. The first-order valence-electron chi connectivity index (χ1n) is 5.39. The molecule has 4 nitrogen and oxygen atoms in total. The SMILES string of the molecule is CC(C)ONC(=O)CCN1CCC(F)C1. The van der Waals surface area contributed by atoms with Gasteiger partial charge < -0.3 is 0 Å². The van der Waals surface area contributed by atoms with Crippen LogP contribution in [0.3, 0.4) is 0 Å². The molecule has 1 atom stereocenters. The zero-order chi connectivity index (χ0) is 11.3. The van der Waals surface area contributed by atoms with Gasteiger partial charge in [0, 0.05) is 26.1 Å². The number of hydrogen-bond acceptors (Lipinski definition) is 3. The molecule has 0 radical (unpaired) electrons. The first-order valence-corrected chi connectivity index (χ1v) is 5.39. The average Bonchev–Trinajstić information content (AvgIpc) is 2.58. The number of amides is 1. The van der Waals surface area contributed by atoms with Crippen molar-refractivity contribution in [2.45, 2.75) is 39.0 Å². The zero-order valence-corrected chi connectivity index (χ0v) is 9.33. The molecular formula is C10H19FN2O2. The van der Waals surface area contributed by atoms with Crippen LogP contribution in [0.25, 0.3) is 0 Å². The normalized spacial score (nSPS) is 22.3. The molecule has 15 heavy (non-hydrogen) atoms. The standard InChI is InChI=1S/C10H19FN2O2/c1-8(2)15-12-10(14)4-6-13-5-3-9(11)7-13/h8-9H,3-7H2,1-2H3,(H,12,14). The molecule has 0 saturated carbocycles. The Labute approximate surface area is 89.7 Å². The third-order valence-electron chi connectivity index (χ3n) is 2.28. The van der Waals surface area contributed by atoms with Crippen LogP contribution in [0.4, 0.5) is 4.39 Å². The lowest BCUT2D eigenvalue weighted by Crippen LogP contribution is -2.31. The van der Waals surface area contributed by atoms with Crippen LogP contribution in [-0.2, 0) is 9.63 Å². The number of halogens is 1. The lowest BCUT2D eigenvalue weighted by molar-refractivity contribution is -0.137. The molecule has 1 amide bonds. The molecule has 0 bridgehead atoms. The molecule has 5 heteroatoms. The van der Waals surface area contributed by atoms with Gasteiger partial charge in [0.2, 0.25) is 5.91 Å². The summed E-state index contributed by atoms with van der Waals surface area (Å²) in [6.07, 6.45) is 0.208. The molecule has 88 valence electrons. The summed E-state index contributed by atoms with van der Waals surface area (Å²) in [5.74, 6) is -0.147. The summed E-state index contributed by atoms with van der Waals surface area (Å²) in [6, 6.07) is 0. The molecule has 1 saturated heterocycles. The Bertz CT molecular complexity index is 212. The average molecular weight is 218 g/mol. The Morgan fingerprint density at radius 1 is 1.67 bits per heavy atom. The first-order chi connectivity index (χ1) is 7.08. The Balaban J connectivity index is 2.06. The fraction of sp³-hybridized carbons (Fsp3) is 0.900. The van der Waals surface area contributed by atoms with Gasteiger partial charge in [-0.15, -0.1) is 0 Å². The summed E-state index contributed by atoms with van der Waals surface area (Å²) in [6.45, 7) is 5.49. The molecule has 0 spiro atoms. The van der Waals surface area contributed by atoms with E-state index >= 15 is 0 Å². The Morgan fingerprint density at radius 3 is 2.93 bits per heavy atom. The van der Waals surface area contributed by atoms with Crippen molar-refractivity contribution in [1.82, 2.24) is 10.4 Å². The van der Waals surface area contributed by atoms with Crippen LogP contribution in [0.15, 0.2) is 0 Å². The van der Waals surface area contributed by atoms with Gasteiger partial charge in [0.25, 0.3) is 0 Å². The quantitative estimate of drug-likeness (QED) is 0.696. The lowest BCUT2D eigenvalue weighted by atomic mass is 10.3. The molecule has 1 aliphatic rings. The van der Waals surface area contributed by atoms with E-state index in [4.69, 9.17) is 4.84 Å². The van der Waals surface area contributed by atoms with Gasteiger partial charge in [-0.3, -0.25) is 14.5 Å². The van der Waals surface area contributed by atoms with Crippen molar-refractivity contribution in [2.75, 3.05) is 19.6 Å². The third-order valence-corrected chi connectivity index (χ3v) is 2.28. The van der Waals surface area contributed by atoms with E-state index in [-0.39, 0.29) is 12.0 Å². The van der Waals surface area contributed by atoms with Crippen molar-refractivity contribution >= 4 is 5.91 Å². The topological polar surface area (TPSA) is 41.6 Å². The highest BCUT2D eigenvalue weighted by Crippen LogP contribution is 2.11. The number of rotatable bonds is 5. The van der Waals surface area contributed by atoms with Gasteiger partial charge in [0.1, 0.15) is 6.17 Å². The maximum atomic E-state index is 12.8. The van der Waals surface area contributed by atoms with Gasteiger partial charge in [-0.1, -0.05) is 0 Å². The summed E-state index contributed by atoms with van der Waals surface area (Å²) in [7, 11) is 0. The van der Waals surface area contributed by atoms with Crippen LogP contribution >= 0.6 is 0 Å². The summed E-state index contributed by atoms with van der Waals surface area (Å²) < 4.78 is 12.8. The largest absolute Gasteiger partial charge is 0.300 e. The van der Waals surface area contributed by atoms with Gasteiger partial charge >= 0.3 is 0 Å². The van der Waals surface area contributed by atoms with E-state index in [9.17, 15) is 9.18 Å². The molecule has 0 aromatic heterocycles. The van der Waals surface area contributed by atoms with Gasteiger partial charge in [0.15, 0.2) is 0 Å². The van der Waals surface area contributed by atoms with Gasteiger partial charge in [-0.25, -0.2) is 9.87 Å². The van der Waals surface area contributed by atoms with Crippen molar-refractivity contribution in [2.24, 2.45) is 0 Å². The Kier molecular flexibility index (Phi) is 4.98. The molecule has 0 aliphatic carbocycles. The van der Waals surface area contributed by atoms with Crippen LogP contribution in [-0.4, -0.2) is 42.7 Å². The molecule has 1 unspecified atom stereocenters. The van der Waals surface area contributed by atoms with E-state index in [0.717, 1.165) is 6.54 Å². The van der Waals surface area contributed by atoms with Crippen LogP contribution in [0.1, 0.15) is 26.7 Å². The second-order valence-corrected chi connectivity index (χ2v) is 4.13. The first kappa shape index (κ1) is 12.4. The van der Waals surface area contributed by atoms with Crippen LogP contribution in [0.5, 0.6) is 0 Å².